The zero-order valence-corrected chi connectivity index (χ0v) is 14.2. The lowest BCUT2D eigenvalue weighted by Gasteiger charge is -2.21. The van der Waals surface area contributed by atoms with Crippen molar-refractivity contribution >= 4 is 23.5 Å². The van der Waals surface area contributed by atoms with Crippen molar-refractivity contribution in [1.29, 1.82) is 0 Å². The molecule has 0 saturated carbocycles. The minimum absolute atomic E-state index is 0.182. The van der Waals surface area contributed by atoms with Crippen molar-refractivity contribution in [3.63, 3.8) is 0 Å². The molecule has 3 amide bonds. The van der Waals surface area contributed by atoms with Crippen LogP contribution >= 0.6 is 11.6 Å². The zero-order valence-electron chi connectivity index (χ0n) is 13.5. The molecule has 0 aliphatic carbocycles. The van der Waals surface area contributed by atoms with Crippen LogP contribution < -0.4 is 5.32 Å². The number of imide groups is 1. The van der Waals surface area contributed by atoms with Crippen LogP contribution in [-0.4, -0.2) is 22.4 Å². The van der Waals surface area contributed by atoms with Gasteiger partial charge in [-0.25, -0.2) is 4.79 Å². The molecule has 1 atom stereocenters. The molecule has 1 fully saturated rings. The lowest BCUT2D eigenvalue weighted by atomic mass is 9.93. The largest absolute Gasteiger partial charge is 0.325 e. The Morgan fingerprint density at radius 3 is 2.33 bits per heavy atom. The maximum absolute atomic E-state index is 12.7. The number of aryl methyl sites for hydroxylation is 1. The number of carbonyl (C=O) groups is 2. The third-order valence-electron chi connectivity index (χ3n) is 4.36. The molecular weight excluding hydrogens is 324 g/mol. The van der Waals surface area contributed by atoms with Crippen LogP contribution in [0.25, 0.3) is 0 Å². The number of hydrogen-bond acceptors (Lipinski definition) is 2. The Balaban J connectivity index is 1.69. The summed E-state index contributed by atoms with van der Waals surface area (Å²) in [4.78, 5) is 26.3. The smallest absolute Gasteiger partial charge is 0.323 e. The Hall–Kier alpha value is -2.33. The number of amides is 3. The van der Waals surface area contributed by atoms with Gasteiger partial charge in [0.25, 0.3) is 5.91 Å². The molecule has 0 aromatic heterocycles. The average Bonchev–Trinajstić information content (AvgIpc) is 2.80. The SMILES string of the molecule is C[C@@]1(CCc2ccccc2)NC(=O)N(Cc2ccc(Cl)cc2)C1=O. The Kier molecular flexibility index (Phi) is 4.58. The van der Waals surface area contributed by atoms with E-state index < -0.39 is 5.54 Å². The van der Waals surface area contributed by atoms with Crippen LogP contribution in [0.1, 0.15) is 24.5 Å². The molecule has 0 radical (unpaired) electrons. The summed E-state index contributed by atoms with van der Waals surface area (Å²) in [6.07, 6.45) is 1.30. The first-order chi connectivity index (χ1) is 11.5. The standard InChI is InChI=1S/C19H19ClN2O2/c1-19(12-11-14-5-3-2-4-6-14)17(23)22(18(24)21-19)13-15-7-9-16(20)10-8-15/h2-10H,11-13H2,1H3,(H,21,24)/t19-/m0/s1. The summed E-state index contributed by atoms with van der Waals surface area (Å²) in [5, 5.41) is 3.47. The van der Waals surface area contributed by atoms with Crippen molar-refractivity contribution in [2.24, 2.45) is 0 Å². The second-order valence-corrected chi connectivity index (χ2v) is 6.70. The quantitative estimate of drug-likeness (QED) is 0.840. The van der Waals surface area contributed by atoms with Gasteiger partial charge < -0.3 is 5.32 Å². The third kappa shape index (κ3) is 3.44. The molecule has 0 bridgehead atoms. The van der Waals surface area contributed by atoms with Gasteiger partial charge in [-0.05, 0) is 43.0 Å². The molecule has 0 spiro atoms. The molecule has 1 heterocycles. The minimum atomic E-state index is -0.862. The molecule has 124 valence electrons. The first-order valence-electron chi connectivity index (χ1n) is 7.90. The van der Waals surface area contributed by atoms with Gasteiger partial charge in [0.2, 0.25) is 0 Å². The van der Waals surface area contributed by atoms with Gasteiger partial charge in [0, 0.05) is 5.02 Å². The highest BCUT2D eigenvalue weighted by molar-refractivity contribution is 6.30. The number of halogens is 1. The molecule has 1 saturated heterocycles. The molecule has 2 aromatic carbocycles. The highest BCUT2D eigenvalue weighted by atomic mass is 35.5. The lowest BCUT2D eigenvalue weighted by molar-refractivity contribution is -0.131. The van der Waals surface area contributed by atoms with Gasteiger partial charge in [0.05, 0.1) is 6.54 Å². The summed E-state index contributed by atoms with van der Waals surface area (Å²) in [6.45, 7) is 2.04. The van der Waals surface area contributed by atoms with E-state index in [1.165, 1.54) is 4.90 Å². The maximum Gasteiger partial charge on any atom is 0.325 e. The van der Waals surface area contributed by atoms with Crippen molar-refractivity contribution < 1.29 is 9.59 Å². The Bertz CT molecular complexity index is 746. The fraction of sp³-hybridized carbons (Fsp3) is 0.263. The molecule has 2 aromatic rings. The molecular formula is C19H19ClN2O2. The second kappa shape index (κ2) is 6.65. The Labute approximate surface area is 146 Å². The lowest BCUT2D eigenvalue weighted by Crippen LogP contribution is -2.44. The van der Waals surface area contributed by atoms with Crippen LogP contribution in [0.5, 0.6) is 0 Å². The third-order valence-corrected chi connectivity index (χ3v) is 4.61. The maximum atomic E-state index is 12.7. The zero-order chi connectivity index (χ0) is 17.2. The van der Waals surface area contributed by atoms with Gasteiger partial charge >= 0.3 is 6.03 Å². The second-order valence-electron chi connectivity index (χ2n) is 6.27. The Morgan fingerprint density at radius 2 is 1.67 bits per heavy atom. The van der Waals surface area contributed by atoms with Gasteiger partial charge in [0.15, 0.2) is 0 Å². The van der Waals surface area contributed by atoms with Crippen molar-refractivity contribution in [1.82, 2.24) is 10.2 Å². The molecule has 1 aliphatic heterocycles. The molecule has 5 heteroatoms. The number of hydrogen-bond donors (Lipinski definition) is 1. The van der Waals surface area contributed by atoms with E-state index in [1.807, 2.05) is 42.5 Å². The van der Waals surface area contributed by atoms with E-state index >= 15 is 0 Å². The van der Waals surface area contributed by atoms with E-state index in [2.05, 4.69) is 5.32 Å². The fourth-order valence-electron chi connectivity index (χ4n) is 2.87. The van der Waals surface area contributed by atoms with E-state index in [-0.39, 0.29) is 18.5 Å². The molecule has 1 N–H and O–H groups in total. The number of rotatable bonds is 5. The van der Waals surface area contributed by atoms with Gasteiger partial charge in [-0.1, -0.05) is 54.1 Å². The Morgan fingerprint density at radius 1 is 1.00 bits per heavy atom. The number of nitrogens with one attached hydrogen (secondary N) is 1. The van der Waals surface area contributed by atoms with E-state index in [0.29, 0.717) is 11.4 Å². The van der Waals surface area contributed by atoms with Gasteiger partial charge in [-0.15, -0.1) is 0 Å². The minimum Gasteiger partial charge on any atom is -0.323 e. The van der Waals surface area contributed by atoms with Gasteiger partial charge in [0.1, 0.15) is 5.54 Å². The van der Waals surface area contributed by atoms with Crippen LogP contribution in [0, 0.1) is 0 Å². The number of carbonyl (C=O) groups excluding carboxylic acids is 2. The summed E-state index contributed by atoms with van der Waals surface area (Å²) >= 11 is 5.87. The molecule has 3 rings (SSSR count). The van der Waals surface area contributed by atoms with Crippen LogP contribution in [0.3, 0.4) is 0 Å². The molecule has 0 unspecified atom stereocenters. The monoisotopic (exact) mass is 342 g/mol. The van der Waals surface area contributed by atoms with Crippen LogP contribution in [0.2, 0.25) is 5.02 Å². The van der Waals surface area contributed by atoms with Crippen molar-refractivity contribution in [3.05, 3.63) is 70.7 Å². The highest BCUT2D eigenvalue weighted by Gasteiger charge is 2.47. The first kappa shape index (κ1) is 16.5. The number of benzene rings is 2. The molecule has 4 nitrogen and oxygen atoms in total. The van der Waals surface area contributed by atoms with Crippen LogP contribution in [-0.2, 0) is 17.8 Å². The topological polar surface area (TPSA) is 49.4 Å². The number of urea groups is 1. The fourth-order valence-corrected chi connectivity index (χ4v) is 3.00. The summed E-state index contributed by atoms with van der Waals surface area (Å²) in [7, 11) is 0. The van der Waals surface area contributed by atoms with Crippen LogP contribution in [0.4, 0.5) is 4.79 Å². The molecule has 24 heavy (non-hydrogen) atoms. The average molecular weight is 343 g/mol. The summed E-state index contributed by atoms with van der Waals surface area (Å²) in [6, 6.07) is 16.8. The van der Waals surface area contributed by atoms with E-state index in [4.69, 9.17) is 11.6 Å². The number of nitrogens with zero attached hydrogens (tertiary/aromatic N) is 1. The first-order valence-corrected chi connectivity index (χ1v) is 8.28. The predicted molar refractivity (Wildman–Crippen MR) is 93.7 cm³/mol. The summed E-state index contributed by atoms with van der Waals surface area (Å²) in [5.41, 5.74) is 1.16. The van der Waals surface area contributed by atoms with E-state index in [9.17, 15) is 9.59 Å². The van der Waals surface area contributed by atoms with Crippen molar-refractivity contribution in [2.45, 2.75) is 31.8 Å². The summed E-state index contributed by atoms with van der Waals surface area (Å²) in [5.74, 6) is -0.182. The van der Waals surface area contributed by atoms with E-state index in [0.717, 1.165) is 17.5 Å². The van der Waals surface area contributed by atoms with Gasteiger partial charge in [-0.3, -0.25) is 9.69 Å². The normalized spacial score (nSPS) is 20.3. The van der Waals surface area contributed by atoms with Crippen molar-refractivity contribution in [2.75, 3.05) is 0 Å². The highest BCUT2D eigenvalue weighted by Crippen LogP contribution is 2.25. The van der Waals surface area contributed by atoms with Gasteiger partial charge in [-0.2, -0.15) is 0 Å². The predicted octanol–water partition coefficient (Wildman–Crippen LogP) is 3.78. The van der Waals surface area contributed by atoms with E-state index in [1.54, 1.807) is 19.1 Å². The van der Waals surface area contributed by atoms with Crippen LogP contribution in [0.15, 0.2) is 54.6 Å². The molecule has 1 aliphatic rings. The summed E-state index contributed by atoms with van der Waals surface area (Å²) < 4.78 is 0. The van der Waals surface area contributed by atoms with Crippen molar-refractivity contribution in [3.8, 4) is 0 Å².